The molecule has 5 heteroatoms. The normalized spacial score (nSPS) is 9.72. The topological polar surface area (TPSA) is 44.8 Å². The molecule has 1 rings (SSSR count). The van der Waals surface area contributed by atoms with Crippen molar-refractivity contribution in [3.05, 3.63) is 30.4 Å². The van der Waals surface area contributed by atoms with Gasteiger partial charge in [0, 0.05) is 0 Å². The smallest absolute Gasteiger partial charge is 0.259 e. The Bertz CT molecular complexity index is 418. The largest absolute Gasteiger partial charge is 0.493 e. The van der Waals surface area contributed by atoms with Crippen molar-refractivity contribution in [2.75, 3.05) is 20.8 Å². The molecule has 0 radical (unpaired) electrons. The van der Waals surface area contributed by atoms with Crippen molar-refractivity contribution in [3.63, 3.8) is 0 Å². The van der Waals surface area contributed by atoms with E-state index < -0.39 is 5.24 Å². The summed E-state index contributed by atoms with van der Waals surface area (Å²) in [5.41, 5.74) is 0.975. The molecule has 0 spiro atoms. The van der Waals surface area contributed by atoms with Crippen molar-refractivity contribution in [3.8, 4) is 17.2 Å². The molecular formula is C13H15ClO4. The van der Waals surface area contributed by atoms with E-state index in [1.807, 2.05) is 0 Å². The fourth-order valence-electron chi connectivity index (χ4n) is 1.49. The van der Waals surface area contributed by atoms with E-state index in [4.69, 9.17) is 25.8 Å². The number of hydrogen-bond acceptors (Lipinski definition) is 4. The van der Waals surface area contributed by atoms with Crippen LogP contribution in [0.4, 0.5) is 0 Å². The Morgan fingerprint density at radius 1 is 1.33 bits per heavy atom. The molecular weight excluding hydrogens is 256 g/mol. The third kappa shape index (κ3) is 3.67. The summed E-state index contributed by atoms with van der Waals surface area (Å²) in [6.07, 6.45) is 2.46. The fourth-order valence-corrected chi connectivity index (χ4v) is 1.54. The van der Waals surface area contributed by atoms with Gasteiger partial charge in [-0.3, -0.25) is 4.79 Å². The highest BCUT2D eigenvalue weighted by molar-refractivity contribution is 6.63. The Kier molecular flexibility index (Phi) is 5.52. The molecule has 0 amide bonds. The lowest BCUT2D eigenvalue weighted by Crippen LogP contribution is -2.07. The van der Waals surface area contributed by atoms with Crippen LogP contribution in [-0.2, 0) is 11.2 Å². The number of rotatable bonds is 7. The summed E-state index contributed by atoms with van der Waals surface area (Å²) in [6.45, 7) is 3.43. The molecule has 0 N–H and O–H groups in total. The second kappa shape index (κ2) is 6.91. The van der Waals surface area contributed by atoms with Gasteiger partial charge in [-0.15, -0.1) is 6.58 Å². The SMILES string of the molecule is C=CCc1cc(OC)c(OCC(=O)Cl)c(OC)c1. The molecule has 0 saturated carbocycles. The summed E-state index contributed by atoms with van der Waals surface area (Å²) in [5.74, 6) is 1.34. The van der Waals surface area contributed by atoms with Crippen LogP contribution < -0.4 is 14.2 Å². The first-order chi connectivity index (χ1) is 8.62. The van der Waals surface area contributed by atoms with Gasteiger partial charge in [-0.25, -0.2) is 0 Å². The number of halogens is 1. The zero-order valence-corrected chi connectivity index (χ0v) is 11.1. The van der Waals surface area contributed by atoms with Gasteiger partial charge in [0.2, 0.25) is 5.75 Å². The summed E-state index contributed by atoms with van der Waals surface area (Å²) in [7, 11) is 3.03. The minimum absolute atomic E-state index is 0.241. The van der Waals surface area contributed by atoms with E-state index in [9.17, 15) is 4.79 Å². The number of hydrogen-bond donors (Lipinski definition) is 0. The van der Waals surface area contributed by atoms with Crippen molar-refractivity contribution in [2.24, 2.45) is 0 Å². The van der Waals surface area contributed by atoms with Gasteiger partial charge in [0.1, 0.15) is 0 Å². The maximum atomic E-state index is 10.7. The van der Waals surface area contributed by atoms with E-state index in [2.05, 4.69) is 6.58 Å². The molecule has 0 saturated heterocycles. The van der Waals surface area contributed by atoms with Gasteiger partial charge in [-0.05, 0) is 35.7 Å². The van der Waals surface area contributed by atoms with Crippen molar-refractivity contribution >= 4 is 16.8 Å². The lowest BCUT2D eigenvalue weighted by Gasteiger charge is -2.14. The average molecular weight is 271 g/mol. The van der Waals surface area contributed by atoms with Crippen molar-refractivity contribution in [1.29, 1.82) is 0 Å². The molecule has 0 unspecified atom stereocenters. The van der Waals surface area contributed by atoms with Crippen molar-refractivity contribution < 1.29 is 19.0 Å². The summed E-state index contributed by atoms with van der Waals surface area (Å²) < 4.78 is 15.7. The average Bonchev–Trinajstić information content (AvgIpc) is 2.36. The molecule has 0 heterocycles. The van der Waals surface area contributed by atoms with Gasteiger partial charge in [0.05, 0.1) is 14.2 Å². The predicted molar refractivity (Wildman–Crippen MR) is 69.8 cm³/mol. The Balaban J connectivity index is 3.12. The minimum Gasteiger partial charge on any atom is -0.493 e. The summed E-state index contributed by atoms with van der Waals surface area (Å²) in [4.78, 5) is 10.7. The fraction of sp³-hybridized carbons (Fsp3) is 0.308. The van der Waals surface area contributed by atoms with E-state index in [1.54, 1.807) is 18.2 Å². The van der Waals surface area contributed by atoms with Crippen LogP contribution >= 0.6 is 11.6 Å². The number of allylic oxidation sites excluding steroid dienone is 1. The molecule has 1 aromatic rings. The maximum Gasteiger partial charge on any atom is 0.259 e. The summed E-state index contributed by atoms with van der Waals surface area (Å²) >= 11 is 5.24. The zero-order chi connectivity index (χ0) is 13.5. The van der Waals surface area contributed by atoms with E-state index in [0.29, 0.717) is 23.7 Å². The van der Waals surface area contributed by atoms with Crippen LogP contribution in [0.3, 0.4) is 0 Å². The van der Waals surface area contributed by atoms with Gasteiger partial charge in [-0.1, -0.05) is 6.08 Å². The Hall–Kier alpha value is -1.68. The standard InChI is InChI=1S/C13H15ClO4/c1-4-5-9-6-10(16-2)13(11(7-9)17-3)18-8-12(14)15/h4,6-7H,1,5,8H2,2-3H3. The quantitative estimate of drug-likeness (QED) is 0.564. The maximum absolute atomic E-state index is 10.7. The van der Waals surface area contributed by atoms with Crippen LogP contribution in [0.25, 0.3) is 0 Å². The van der Waals surface area contributed by atoms with Crippen molar-refractivity contribution in [1.82, 2.24) is 0 Å². The third-order valence-electron chi connectivity index (χ3n) is 2.23. The molecule has 0 fully saturated rings. The first-order valence-electron chi connectivity index (χ1n) is 5.29. The van der Waals surface area contributed by atoms with Gasteiger partial charge >= 0.3 is 0 Å². The van der Waals surface area contributed by atoms with Gasteiger partial charge in [0.25, 0.3) is 5.24 Å². The molecule has 0 aliphatic rings. The predicted octanol–water partition coefficient (Wildman–Crippen LogP) is 2.58. The molecule has 0 aliphatic heterocycles. The molecule has 1 aromatic carbocycles. The lowest BCUT2D eigenvalue weighted by molar-refractivity contribution is -0.113. The van der Waals surface area contributed by atoms with Crippen LogP contribution in [0.15, 0.2) is 24.8 Å². The molecule has 0 atom stereocenters. The zero-order valence-electron chi connectivity index (χ0n) is 10.4. The second-order valence-corrected chi connectivity index (χ2v) is 3.89. The molecule has 0 aliphatic carbocycles. The Morgan fingerprint density at radius 3 is 2.28 bits per heavy atom. The van der Waals surface area contributed by atoms with E-state index >= 15 is 0 Å². The van der Waals surface area contributed by atoms with E-state index in [-0.39, 0.29) is 6.61 Å². The highest BCUT2D eigenvalue weighted by Gasteiger charge is 2.14. The molecule has 98 valence electrons. The van der Waals surface area contributed by atoms with Crippen LogP contribution in [0.2, 0.25) is 0 Å². The highest BCUT2D eigenvalue weighted by Crippen LogP contribution is 2.38. The van der Waals surface area contributed by atoms with Crippen LogP contribution in [-0.4, -0.2) is 26.1 Å². The van der Waals surface area contributed by atoms with Gasteiger partial charge in [-0.2, -0.15) is 0 Å². The summed E-state index contributed by atoms with van der Waals surface area (Å²) in [6, 6.07) is 3.61. The van der Waals surface area contributed by atoms with E-state index in [0.717, 1.165) is 5.56 Å². The number of ether oxygens (including phenoxy) is 3. The van der Waals surface area contributed by atoms with Crippen LogP contribution in [0.1, 0.15) is 5.56 Å². The number of carbonyl (C=O) groups is 1. The summed E-state index contributed by atoms with van der Waals surface area (Å²) in [5, 5.41) is -0.589. The molecule has 0 bridgehead atoms. The van der Waals surface area contributed by atoms with Gasteiger partial charge < -0.3 is 14.2 Å². The van der Waals surface area contributed by atoms with Crippen LogP contribution in [0, 0.1) is 0 Å². The number of methoxy groups -OCH3 is 2. The third-order valence-corrected chi connectivity index (χ3v) is 2.34. The van der Waals surface area contributed by atoms with Crippen LogP contribution in [0.5, 0.6) is 17.2 Å². The van der Waals surface area contributed by atoms with E-state index in [1.165, 1.54) is 14.2 Å². The number of carbonyl (C=O) groups excluding carboxylic acids is 1. The first-order valence-corrected chi connectivity index (χ1v) is 5.67. The number of benzene rings is 1. The Morgan fingerprint density at radius 2 is 1.89 bits per heavy atom. The van der Waals surface area contributed by atoms with Gasteiger partial charge in [0.15, 0.2) is 18.1 Å². The van der Waals surface area contributed by atoms with Crippen molar-refractivity contribution in [2.45, 2.75) is 6.42 Å². The Labute approximate surface area is 111 Å². The molecule has 0 aromatic heterocycles. The lowest BCUT2D eigenvalue weighted by atomic mass is 10.1. The monoisotopic (exact) mass is 270 g/mol. The molecule has 4 nitrogen and oxygen atoms in total. The highest BCUT2D eigenvalue weighted by atomic mass is 35.5. The minimum atomic E-state index is -0.589. The first kappa shape index (κ1) is 14.4. The second-order valence-electron chi connectivity index (χ2n) is 3.47. The molecule has 18 heavy (non-hydrogen) atoms.